The Morgan fingerprint density at radius 3 is 2.46 bits per heavy atom. The van der Waals surface area contributed by atoms with Crippen LogP contribution in [-0.4, -0.2) is 134 Å². The summed E-state index contributed by atoms with van der Waals surface area (Å²) in [7, 11) is 2.17. The molecular formula is C60H72N10O6S2. The van der Waals surface area contributed by atoms with Crippen LogP contribution in [0.15, 0.2) is 78.4 Å². The fraction of sp³-hybridized carbons (Fsp3) is 0.483. The van der Waals surface area contributed by atoms with Gasteiger partial charge in [0.2, 0.25) is 17.7 Å². The number of likely N-dealkylation sites (tertiary alicyclic amines) is 1. The number of carbonyl (C=O) groups excluding carboxylic acids is 3. The quantitative estimate of drug-likeness (QED) is 0.0454. The highest BCUT2D eigenvalue weighted by molar-refractivity contribution is 7.26. The smallest absolute Gasteiger partial charge is 0.319 e. The Morgan fingerprint density at radius 2 is 1.72 bits per heavy atom. The molecule has 3 saturated heterocycles. The number of amides is 3. The summed E-state index contributed by atoms with van der Waals surface area (Å²) in [5.41, 5.74) is 5.89. The maximum atomic E-state index is 14.2. The Hall–Kier alpha value is -6.31. The summed E-state index contributed by atoms with van der Waals surface area (Å²) in [6.07, 6.45) is 9.46. The van der Waals surface area contributed by atoms with Gasteiger partial charge in [-0.1, -0.05) is 82.1 Å². The largest absolute Gasteiger partial charge is 0.508 e. The van der Waals surface area contributed by atoms with Crippen LogP contribution in [-0.2, 0) is 20.9 Å². The number of nitrogens with zero attached hydrogens (tertiary/aromatic N) is 7. The molecular weight excluding hydrogens is 1020 g/mol. The van der Waals surface area contributed by atoms with Crippen molar-refractivity contribution in [2.45, 2.75) is 129 Å². The topological polar surface area (TPSA) is 198 Å². The van der Waals surface area contributed by atoms with Gasteiger partial charge in [0, 0.05) is 80.2 Å². The molecule has 0 radical (unpaired) electrons. The lowest BCUT2D eigenvalue weighted by atomic mass is 9.85. The fourth-order valence-electron chi connectivity index (χ4n) is 11.9. The van der Waals surface area contributed by atoms with Gasteiger partial charge in [0.15, 0.2) is 0 Å². The Morgan fingerprint density at radius 1 is 0.949 bits per heavy atom. The van der Waals surface area contributed by atoms with Crippen molar-refractivity contribution in [1.82, 2.24) is 45.7 Å². The van der Waals surface area contributed by atoms with Crippen molar-refractivity contribution >= 4 is 77.3 Å². The zero-order valence-electron chi connectivity index (χ0n) is 45.4. The molecule has 410 valence electrons. The molecule has 2 unspecified atom stereocenters. The number of unbranched alkanes of at least 4 members (excludes halogenated alkanes) is 3. The van der Waals surface area contributed by atoms with Gasteiger partial charge in [-0.15, -0.1) is 22.7 Å². The summed E-state index contributed by atoms with van der Waals surface area (Å²) >= 11 is 3.20. The highest BCUT2D eigenvalue weighted by Crippen LogP contribution is 2.48. The first-order valence-electron chi connectivity index (χ1n) is 27.8. The third-order valence-corrected chi connectivity index (χ3v) is 18.4. The normalized spacial score (nSPS) is 20.2. The second-order valence-corrected chi connectivity index (χ2v) is 25.4. The number of hydrogen-bond acceptors (Lipinski definition) is 15. The van der Waals surface area contributed by atoms with Crippen molar-refractivity contribution in [3.63, 3.8) is 0 Å². The zero-order valence-corrected chi connectivity index (χ0v) is 47.0. The summed E-state index contributed by atoms with van der Waals surface area (Å²) in [5, 5.41) is 35.3. The van der Waals surface area contributed by atoms with E-state index in [1.165, 1.54) is 4.90 Å². The number of thiazole rings is 1. The van der Waals surface area contributed by atoms with E-state index in [4.69, 9.17) is 19.7 Å². The number of phenols is 1. The number of piperazine rings is 1. The maximum absolute atomic E-state index is 14.2. The number of ether oxygens (including phenoxy) is 1. The summed E-state index contributed by atoms with van der Waals surface area (Å²) in [5.74, 6) is 0.231. The lowest BCUT2D eigenvalue weighted by Gasteiger charge is -2.35. The van der Waals surface area contributed by atoms with E-state index >= 15 is 0 Å². The molecule has 4 fully saturated rings. The molecule has 2 bridgehead atoms. The van der Waals surface area contributed by atoms with Crippen molar-refractivity contribution in [3.8, 4) is 33.5 Å². The number of β-amino-alcohol motifs (C(OH)–C–C–N with tert-alkyl or cyclic N) is 1. The molecule has 11 rings (SSSR count). The molecule has 78 heavy (non-hydrogen) atoms. The van der Waals surface area contributed by atoms with Crippen molar-refractivity contribution in [1.29, 1.82) is 0 Å². The molecule has 5 N–H and O–H groups in total. The molecule has 18 heteroatoms. The summed E-state index contributed by atoms with van der Waals surface area (Å²) in [4.78, 5) is 69.0. The number of aryl methyl sites for hydroxylation is 1. The molecule has 0 spiro atoms. The second-order valence-electron chi connectivity index (χ2n) is 23.5. The monoisotopic (exact) mass is 1090 g/mol. The second kappa shape index (κ2) is 22.4. The highest BCUT2D eigenvalue weighted by Gasteiger charge is 2.46. The number of fused-ring (bicyclic) bond motifs is 6. The van der Waals surface area contributed by atoms with Crippen LogP contribution >= 0.6 is 22.7 Å². The molecule has 1 saturated carbocycles. The van der Waals surface area contributed by atoms with Crippen LogP contribution in [0.5, 0.6) is 11.8 Å². The molecule has 3 amide bonds. The third kappa shape index (κ3) is 11.7. The van der Waals surface area contributed by atoms with Crippen LogP contribution in [0, 0.1) is 17.8 Å². The summed E-state index contributed by atoms with van der Waals surface area (Å²) < 4.78 is 7.64. The third-order valence-electron chi connectivity index (χ3n) is 16.3. The minimum atomic E-state index is -0.862. The van der Waals surface area contributed by atoms with E-state index in [9.17, 15) is 24.6 Å². The molecule has 4 aliphatic rings. The first-order valence-corrected chi connectivity index (χ1v) is 29.5. The number of pyridine rings is 1. The van der Waals surface area contributed by atoms with Crippen LogP contribution in [0.4, 0.5) is 5.82 Å². The van der Waals surface area contributed by atoms with Gasteiger partial charge in [0.25, 0.3) is 0 Å². The number of benzene rings is 3. The molecule has 3 aromatic carbocycles. The SMILES string of the molecule is Cc1ncsc1-c1ccc(CNC(=O)[C@@H]2C[C@@H](O)CN2C(=O)[C@@H](NC(=O)CCCCCCN(C)CC2(COc3nc(N4CC5CCC(C4)N5)c4c(n3)sc3c(-c5cc(O)cc6ccccc56)nccc34)CC2)C(C)(C)C)cc1. The number of hydrogen-bond donors (Lipinski definition) is 5. The van der Waals surface area contributed by atoms with E-state index in [0.29, 0.717) is 37.5 Å². The number of aliphatic hydroxyl groups excluding tert-OH is 1. The molecule has 7 heterocycles. The number of aromatic nitrogens is 4. The summed E-state index contributed by atoms with van der Waals surface area (Å²) in [6, 6.07) is 21.3. The molecule has 1 aliphatic carbocycles. The average molecular weight is 1090 g/mol. The van der Waals surface area contributed by atoms with Crippen LogP contribution in [0.2, 0.25) is 0 Å². The molecule has 3 aliphatic heterocycles. The minimum absolute atomic E-state index is 0.0279. The van der Waals surface area contributed by atoms with E-state index in [1.807, 2.05) is 87.9 Å². The van der Waals surface area contributed by atoms with Gasteiger partial charge >= 0.3 is 6.01 Å². The average Bonchev–Trinajstić information content (AvgIpc) is 3.98. The van der Waals surface area contributed by atoms with Crippen LogP contribution < -0.4 is 25.6 Å². The molecule has 16 nitrogen and oxygen atoms in total. The van der Waals surface area contributed by atoms with E-state index in [1.54, 1.807) is 28.7 Å². The van der Waals surface area contributed by atoms with Crippen molar-refractivity contribution < 1.29 is 29.3 Å². The van der Waals surface area contributed by atoms with Crippen molar-refractivity contribution in [2.24, 2.45) is 10.8 Å². The van der Waals surface area contributed by atoms with E-state index in [2.05, 4.69) is 49.9 Å². The fourth-order valence-corrected chi connectivity index (χ4v) is 13.9. The predicted octanol–water partition coefficient (Wildman–Crippen LogP) is 8.99. The number of nitrogens with one attached hydrogen (secondary N) is 3. The lowest BCUT2D eigenvalue weighted by Crippen LogP contribution is -2.57. The Kier molecular flexibility index (Phi) is 15.4. The van der Waals surface area contributed by atoms with E-state index < -0.39 is 23.6 Å². The van der Waals surface area contributed by atoms with Crippen molar-refractivity contribution in [3.05, 3.63) is 89.7 Å². The van der Waals surface area contributed by atoms with Gasteiger partial charge in [-0.3, -0.25) is 19.4 Å². The number of phenolic OH excluding ortho intramolecular Hbond substituents is 1. The number of aromatic hydroxyl groups is 1. The number of aliphatic hydroxyl groups is 1. The predicted molar refractivity (Wildman–Crippen MR) is 309 cm³/mol. The van der Waals surface area contributed by atoms with Gasteiger partial charge in [-0.2, -0.15) is 9.97 Å². The highest BCUT2D eigenvalue weighted by atomic mass is 32.1. The standard InChI is InChI=1S/C60H72N10O6S2/c1-36-51(77-35-63-36)38-17-15-37(16-18-38)29-62-55(74)47-28-43(72)32-70(47)57(75)53(59(2,3)4)65-48(73)14-8-6-7-11-25-68(5)33-60(22-23-60)34-76-58-66-54(69-30-40-19-20-41(31-69)64-40)49-45-21-24-61-50(52(45)78-56(49)67-58)46-27-42(71)26-39-12-9-10-13-44(39)46/h9-10,12-13,15-18,21,24,26-27,35,40-41,43,47,53,64,71-72H,6-8,11,14,19-20,22-23,25,28-34H2,1-5H3,(H,62,74)(H,65,73)/t40?,41?,43-,47+,53-/m1/s1. The molecule has 5 atom stereocenters. The Labute approximate surface area is 464 Å². The van der Waals surface area contributed by atoms with Crippen LogP contribution in [0.25, 0.3) is 52.8 Å². The van der Waals surface area contributed by atoms with Gasteiger partial charge in [0.1, 0.15) is 28.5 Å². The Balaban J connectivity index is 0.664. The van der Waals surface area contributed by atoms with E-state index in [-0.39, 0.29) is 48.4 Å². The van der Waals surface area contributed by atoms with Crippen LogP contribution in [0.3, 0.4) is 0 Å². The van der Waals surface area contributed by atoms with Gasteiger partial charge in [0.05, 0.1) is 44.6 Å². The Bertz CT molecular complexity index is 3320. The number of anilines is 1. The van der Waals surface area contributed by atoms with Gasteiger partial charge in [-0.25, -0.2) is 4.98 Å². The van der Waals surface area contributed by atoms with Gasteiger partial charge in [-0.05, 0) is 105 Å². The summed E-state index contributed by atoms with van der Waals surface area (Å²) in [6.45, 7) is 12.1. The number of carbonyl (C=O) groups is 3. The lowest BCUT2D eigenvalue weighted by molar-refractivity contribution is -0.144. The minimum Gasteiger partial charge on any atom is -0.508 e. The number of thiophene rings is 1. The van der Waals surface area contributed by atoms with E-state index in [0.717, 1.165) is 141 Å². The first-order chi connectivity index (χ1) is 37.6. The van der Waals surface area contributed by atoms with Gasteiger partial charge < -0.3 is 45.6 Å². The van der Waals surface area contributed by atoms with Crippen molar-refractivity contribution in [2.75, 3.05) is 51.3 Å². The number of rotatable bonds is 20. The zero-order chi connectivity index (χ0) is 54.3. The molecule has 4 aromatic heterocycles. The maximum Gasteiger partial charge on any atom is 0.319 e. The molecule has 7 aromatic rings. The van der Waals surface area contributed by atoms with Crippen LogP contribution in [0.1, 0.15) is 96.2 Å². The first kappa shape index (κ1) is 53.7.